The van der Waals surface area contributed by atoms with Crippen LogP contribution in [-0.4, -0.2) is 0 Å². The molecular weight excluding hydrogens is 168 g/mol. The van der Waals surface area contributed by atoms with Gasteiger partial charge >= 0.3 is 0 Å². The van der Waals surface area contributed by atoms with Crippen molar-refractivity contribution in [3.05, 3.63) is 55.0 Å². The van der Waals surface area contributed by atoms with Crippen molar-refractivity contribution in [1.82, 2.24) is 0 Å². The van der Waals surface area contributed by atoms with Gasteiger partial charge in [-0.25, -0.2) is 0 Å². The average Bonchev–Trinajstić information content (AvgIpc) is 2.22. The minimum Gasteiger partial charge on any atom is -0.0882 e. The maximum absolute atomic E-state index is 2.25. The van der Waals surface area contributed by atoms with Crippen LogP contribution in [0, 0.1) is 6.42 Å². The molecule has 1 radical (unpaired) electrons. The Kier molecular flexibility index (Phi) is 6.74. The van der Waals surface area contributed by atoms with Crippen LogP contribution in [0.5, 0.6) is 0 Å². The van der Waals surface area contributed by atoms with Gasteiger partial charge in [0.15, 0.2) is 0 Å². The highest BCUT2D eigenvalue weighted by atomic mass is 13.9. The van der Waals surface area contributed by atoms with Gasteiger partial charge in [-0.1, -0.05) is 48.6 Å². The third-order valence-corrected chi connectivity index (χ3v) is 2.09. The third kappa shape index (κ3) is 6.47. The zero-order valence-corrected chi connectivity index (χ0v) is 8.73. The lowest BCUT2D eigenvalue weighted by molar-refractivity contribution is 1.03. The molecule has 0 nitrogen and oxygen atoms in total. The minimum absolute atomic E-state index is 1.07. The predicted molar refractivity (Wildman–Crippen MR) is 63.9 cm³/mol. The summed E-state index contributed by atoms with van der Waals surface area (Å²) < 4.78 is 0. The molecule has 0 saturated heterocycles. The Hall–Kier alpha value is -1.04. The molecule has 0 aromatic carbocycles. The molecule has 0 fully saturated rings. The van der Waals surface area contributed by atoms with Crippen LogP contribution < -0.4 is 0 Å². The van der Waals surface area contributed by atoms with Gasteiger partial charge in [0.05, 0.1) is 0 Å². The van der Waals surface area contributed by atoms with Gasteiger partial charge in [-0.05, 0) is 38.5 Å². The zero-order valence-electron chi connectivity index (χ0n) is 8.73. The molecule has 0 bridgehead atoms. The Morgan fingerprint density at radius 2 is 1.07 bits per heavy atom. The standard InChI is InChI=1S/C14H19/c1-2-4-6-8-10-12-14-13-11-9-7-5-3-1/h1-4,9-13H,5-8,14H2/b3-1-,4-2+,11-9+,12-10+. The van der Waals surface area contributed by atoms with E-state index in [2.05, 4.69) is 55.0 Å². The van der Waals surface area contributed by atoms with Crippen LogP contribution >= 0.6 is 0 Å². The molecule has 0 aliphatic heterocycles. The van der Waals surface area contributed by atoms with E-state index in [9.17, 15) is 0 Å². The van der Waals surface area contributed by atoms with E-state index >= 15 is 0 Å². The Bertz CT molecular complexity index is 202. The van der Waals surface area contributed by atoms with Gasteiger partial charge in [0, 0.05) is 0 Å². The molecule has 1 aliphatic carbocycles. The maximum Gasteiger partial charge on any atom is -0.0133 e. The van der Waals surface area contributed by atoms with Crippen molar-refractivity contribution in [3.63, 3.8) is 0 Å². The van der Waals surface area contributed by atoms with Crippen LogP contribution in [-0.2, 0) is 0 Å². The second-order valence-electron chi connectivity index (χ2n) is 3.38. The van der Waals surface area contributed by atoms with Crippen molar-refractivity contribution < 1.29 is 0 Å². The first kappa shape index (κ1) is 11.0. The minimum atomic E-state index is 1.07. The smallest absolute Gasteiger partial charge is 0.0133 e. The highest BCUT2D eigenvalue weighted by Gasteiger charge is 1.81. The summed E-state index contributed by atoms with van der Waals surface area (Å²) in [5.41, 5.74) is 0. The number of rotatable bonds is 0. The number of allylic oxidation sites excluding steroid dienone is 8. The van der Waals surface area contributed by atoms with Gasteiger partial charge in [-0.3, -0.25) is 0 Å². The van der Waals surface area contributed by atoms with Crippen molar-refractivity contribution in [3.8, 4) is 0 Å². The molecule has 0 heteroatoms. The second kappa shape index (κ2) is 8.55. The molecule has 0 aromatic rings. The lowest BCUT2D eigenvalue weighted by Crippen LogP contribution is -1.71. The summed E-state index contributed by atoms with van der Waals surface area (Å²) in [6.07, 6.45) is 25.5. The van der Waals surface area contributed by atoms with E-state index in [-0.39, 0.29) is 0 Å². The van der Waals surface area contributed by atoms with Crippen LogP contribution in [0.15, 0.2) is 48.6 Å². The fourth-order valence-electron chi connectivity index (χ4n) is 1.30. The van der Waals surface area contributed by atoms with Crippen LogP contribution in [0.3, 0.4) is 0 Å². The van der Waals surface area contributed by atoms with Crippen molar-refractivity contribution in [1.29, 1.82) is 0 Å². The highest BCUT2D eigenvalue weighted by molar-refractivity contribution is 5.05. The molecular formula is C14H19. The van der Waals surface area contributed by atoms with Crippen LogP contribution in [0.2, 0.25) is 0 Å². The molecule has 0 aromatic heterocycles. The Balaban J connectivity index is 2.34. The Morgan fingerprint density at radius 3 is 1.79 bits per heavy atom. The SMILES string of the molecule is [CH]1/C=C/CC/C=C\C=C\CC/C=C/C1. The van der Waals surface area contributed by atoms with E-state index in [4.69, 9.17) is 0 Å². The van der Waals surface area contributed by atoms with E-state index in [1.807, 2.05) is 0 Å². The largest absolute Gasteiger partial charge is 0.0882 e. The molecule has 0 spiro atoms. The molecule has 1 aliphatic rings. The zero-order chi connectivity index (χ0) is 9.90. The molecule has 0 heterocycles. The number of hydrogen-bond donors (Lipinski definition) is 0. The molecule has 0 N–H and O–H groups in total. The summed E-state index contributed by atoms with van der Waals surface area (Å²) in [4.78, 5) is 0. The topological polar surface area (TPSA) is 0 Å². The van der Waals surface area contributed by atoms with Crippen molar-refractivity contribution in [2.75, 3.05) is 0 Å². The highest BCUT2D eigenvalue weighted by Crippen LogP contribution is 2.00. The van der Waals surface area contributed by atoms with Gasteiger partial charge in [0.25, 0.3) is 0 Å². The average molecular weight is 187 g/mol. The van der Waals surface area contributed by atoms with Gasteiger partial charge in [0.1, 0.15) is 0 Å². The summed E-state index contributed by atoms with van der Waals surface area (Å²) in [6, 6.07) is 0. The normalized spacial score (nSPS) is 28.6. The summed E-state index contributed by atoms with van der Waals surface area (Å²) in [5.74, 6) is 0. The molecule has 1 rings (SSSR count). The van der Waals surface area contributed by atoms with E-state index in [1.54, 1.807) is 0 Å². The molecule has 0 atom stereocenters. The van der Waals surface area contributed by atoms with Crippen LogP contribution in [0.4, 0.5) is 0 Å². The molecule has 0 amide bonds. The summed E-state index contributed by atoms with van der Waals surface area (Å²) in [5, 5.41) is 0. The van der Waals surface area contributed by atoms with Gasteiger partial charge in [0.2, 0.25) is 0 Å². The van der Waals surface area contributed by atoms with Crippen LogP contribution in [0.25, 0.3) is 0 Å². The fraction of sp³-hybridized carbons (Fsp3) is 0.357. The van der Waals surface area contributed by atoms with Crippen molar-refractivity contribution >= 4 is 0 Å². The first-order valence-corrected chi connectivity index (χ1v) is 5.45. The summed E-state index contributed by atoms with van der Waals surface area (Å²) in [7, 11) is 0. The first-order valence-electron chi connectivity index (χ1n) is 5.45. The quantitative estimate of drug-likeness (QED) is 0.494. The third-order valence-electron chi connectivity index (χ3n) is 2.09. The van der Waals surface area contributed by atoms with Gasteiger partial charge in [-0.2, -0.15) is 0 Å². The Labute approximate surface area is 87.7 Å². The lowest BCUT2D eigenvalue weighted by atomic mass is 10.2. The van der Waals surface area contributed by atoms with Gasteiger partial charge in [-0.15, -0.1) is 0 Å². The fourth-order valence-corrected chi connectivity index (χ4v) is 1.30. The predicted octanol–water partition coefficient (Wildman–Crippen LogP) is 4.38. The van der Waals surface area contributed by atoms with Gasteiger partial charge < -0.3 is 0 Å². The molecule has 75 valence electrons. The molecule has 0 saturated carbocycles. The van der Waals surface area contributed by atoms with E-state index in [0.29, 0.717) is 0 Å². The first-order chi connectivity index (χ1) is 7.00. The second-order valence-corrected chi connectivity index (χ2v) is 3.38. The van der Waals surface area contributed by atoms with Crippen molar-refractivity contribution in [2.45, 2.75) is 32.1 Å². The summed E-state index contributed by atoms with van der Waals surface area (Å²) in [6.45, 7) is 0. The maximum atomic E-state index is 2.25. The molecule has 0 unspecified atom stereocenters. The van der Waals surface area contributed by atoms with Crippen molar-refractivity contribution in [2.24, 2.45) is 0 Å². The Morgan fingerprint density at radius 1 is 0.500 bits per heavy atom. The molecule has 14 heavy (non-hydrogen) atoms. The van der Waals surface area contributed by atoms with E-state index < -0.39 is 0 Å². The monoisotopic (exact) mass is 187 g/mol. The number of hydrogen-bond acceptors (Lipinski definition) is 0. The van der Waals surface area contributed by atoms with Crippen LogP contribution in [0.1, 0.15) is 32.1 Å². The lowest BCUT2D eigenvalue weighted by Gasteiger charge is -1.90. The van der Waals surface area contributed by atoms with E-state index in [0.717, 1.165) is 32.1 Å². The van der Waals surface area contributed by atoms with E-state index in [1.165, 1.54) is 0 Å². The summed E-state index contributed by atoms with van der Waals surface area (Å²) >= 11 is 0.